The van der Waals surface area contributed by atoms with Crippen molar-refractivity contribution in [1.82, 2.24) is 5.06 Å². The molecule has 0 spiro atoms. The van der Waals surface area contributed by atoms with E-state index in [2.05, 4.69) is 0 Å². The first-order chi connectivity index (χ1) is 6.27. The van der Waals surface area contributed by atoms with Crippen LogP contribution in [0, 0.1) is 0 Å². The van der Waals surface area contributed by atoms with E-state index >= 15 is 0 Å². The smallest absolute Gasteiger partial charge is 0.280 e. The van der Waals surface area contributed by atoms with Crippen LogP contribution in [0.1, 0.15) is 10.4 Å². The molecule has 1 aromatic rings. The summed E-state index contributed by atoms with van der Waals surface area (Å²) < 4.78 is 4.76. The highest BCUT2D eigenvalue weighted by Gasteiger charge is 2.27. The second-order valence-corrected chi connectivity index (χ2v) is 2.83. The summed E-state index contributed by atoms with van der Waals surface area (Å²) in [7, 11) is 0. The van der Waals surface area contributed by atoms with Crippen LogP contribution in [0.25, 0.3) is 0 Å². The second-order valence-electron chi connectivity index (χ2n) is 2.83. The maximum Gasteiger partial charge on any atom is 0.280 e. The molecule has 1 atom stereocenters. The highest BCUT2D eigenvalue weighted by atomic mass is 16.7. The predicted octanol–water partition coefficient (Wildman–Crippen LogP) is 0.0279. The van der Waals surface area contributed by atoms with E-state index in [9.17, 15) is 4.79 Å². The van der Waals surface area contributed by atoms with Crippen molar-refractivity contribution in [1.29, 1.82) is 0 Å². The largest absolute Gasteiger partial charge is 0.472 e. The van der Waals surface area contributed by atoms with Crippen molar-refractivity contribution in [2.75, 3.05) is 13.2 Å². The van der Waals surface area contributed by atoms with Crippen molar-refractivity contribution in [2.24, 2.45) is 0 Å². The molecule has 1 N–H and O–H groups in total. The van der Waals surface area contributed by atoms with Crippen LogP contribution in [0.15, 0.2) is 23.0 Å². The third-order valence-corrected chi connectivity index (χ3v) is 1.79. The topological polar surface area (TPSA) is 62.9 Å². The summed E-state index contributed by atoms with van der Waals surface area (Å²) >= 11 is 0. The Morgan fingerprint density at radius 3 is 3.08 bits per heavy atom. The van der Waals surface area contributed by atoms with Gasteiger partial charge in [-0.15, -0.1) is 0 Å². The van der Waals surface area contributed by atoms with Gasteiger partial charge in [-0.25, -0.2) is 5.06 Å². The molecule has 0 radical (unpaired) electrons. The third-order valence-electron chi connectivity index (χ3n) is 1.79. The van der Waals surface area contributed by atoms with Crippen LogP contribution >= 0.6 is 0 Å². The average Bonchev–Trinajstić information content (AvgIpc) is 2.72. The molecule has 5 nitrogen and oxygen atoms in total. The molecule has 0 aromatic carbocycles. The van der Waals surface area contributed by atoms with E-state index in [0.717, 1.165) is 5.06 Å². The molecule has 5 heteroatoms. The van der Waals surface area contributed by atoms with Crippen molar-refractivity contribution < 1.29 is 19.2 Å². The molecule has 1 aliphatic rings. The minimum Gasteiger partial charge on any atom is -0.472 e. The fourth-order valence-electron chi connectivity index (χ4n) is 1.14. The van der Waals surface area contributed by atoms with Gasteiger partial charge in [-0.05, 0) is 6.07 Å². The number of hydrogen-bond acceptors (Lipinski definition) is 4. The number of carbonyl (C=O) groups is 1. The highest BCUT2D eigenvalue weighted by molar-refractivity contribution is 5.93. The Bertz CT molecular complexity index is 295. The zero-order valence-corrected chi connectivity index (χ0v) is 6.84. The van der Waals surface area contributed by atoms with E-state index in [1.807, 2.05) is 0 Å². The van der Waals surface area contributed by atoms with E-state index in [1.54, 1.807) is 6.07 Å². The Hall–Kier alpha value is -1.33. The van der Waals surface area contributed by atoms with Crippen LogP contribution in [0.5, 0.6) is 0 Å². The number of carbonyl (C=O) groups excluding carboxylic acids is 1. The predicted molar refractivity (Wildman–Crippen MR) is 41.7 cm³/mol. The molecule has 1 amide bonds. The number of amides is 1. The minimum atomic E-state index is -0.587. The van der Waals surface area contributed by atoms with Crippen LogP contribution in [-0.2, 0) is 4.84 Å². The molecule has 2 rings (SSSR count). The Morgan fingerprint density at radius 1 is 1.69 bits per heavy atom. The summed E-state index contributed by atoms with van der Waals surface area (Å²) in [5.74, 6) is -0.287. The highest BCUT2D eigenvalue weighted by Crippen LogP contribution is 2.11. The van der Waals surface area contributed by atoms with Crippen LogP contribution in [0.3, 0.4) is 0 Å². The number of aliphatic hydroxyl groups is 1. The molecule has 0 bridgehead atoms. The van der Waals surface area contributed by atoms with Gasteiger partial charge < -0.3 is 9.52 Å². The number of β-amino-alcohol motifs (C(OH)–C–C–N with tert-alkyl or cyclic N) is 1. The molecule has 70 valence electrons. The van der Waals surface area contributed by atoms with E-state index in [-0.39, 0.29) is 19.1 Å². The Balaban J connectivity index is 2.06. The molecular weight excluding hydrogens is 174 g/mol. The maximum absolute atomic E-state index is 11.5. The van der Waals surface area contributed by atoms with Gasteiger partial charge in [0.2, 0.25) is 0 Å². The molecule has 1 aliphatic heterocycles. The van der Waals surface area contributed by atoms with Crippen molar-refractivity contribution in [3.05, 3.63) is 24.2 Å². The molecule has 1 aromatic heterocycles. The van der Waals surface area contributed by atoms with Crippen LogP contribution in [0.4, 0.5) is 0 Å². The Labute approximate surface area is 74.5 Å². The lowest BCUT2D eigenvalue weighted by molar-refractivity contribution is -0.0780. The fraction of sp³-hybridized carbons (Fsp3) is 0.375. The minimum absolute atomic E-state index is 0.170. The van der Waals surface area contributed by atoms with Gasteiger partial charge >= 0.3 is 0 Å². The van der Waals surface area contributed by atoms with Gasteiger partial charge in [0.25, 0.3) is 5.91 Å². The molecule has 0 unspecified atom stereocenters. The zero-order valence-electron chi connectivity index (χ0n) is 6.84. The first-order valence-electron chi connectivity index (χ1n) is 3.92. The number of furan rings is 1. The number of hydroxylamine groups is 2. The molecule has 13 heavy (non-hydrogen) atoms. The number of aliphatic hydroxyl groups excluding tert-OH is 1. The zero-order chi connectivity index (χ0) is 9.26. The van der Waals surface area contributed by atoms with Crippen LogP contribution in [0.2, 0.25) is 0 Å². The molecule has 1 fully saturated rings. The molecule has 0 saturated carbocycles. The normalized spacial score (nSPS) is 22.2. The Morgan fingerprint density at radius 2 is 2.54 bits per heavy atom. The van der Waals surface area contributed by atoms with E-state index in [1.165, 1.54) is 12.5 Å². The summed E-state index contributed by atoms with van der Waals surface area (Å²) in [5, 5.41) is 10.2. The lowest BCUT2D eigenvalue weighted by Crippen LogP contribution is -2.28. The summed E-state index contributed by atoms with van der Waals surface area (Å²) in [5.41, 5.74) is 0.425. The van der Waals surface area contributed by atoms with E-state index in [0.29, 0.717) is 5.56 Å². The van der Waals surface area contributed by atoms with Crippen molar-refractivity contribution >= 4 is 5.91 Å². The lowest BCUT2D eigenvalue weighted by Gasteiger charge is -2.11. The number of nitrogens with zero attached hydrogens (tertiary/aromatic N) is 1. The second kappa shape index (κ2) is 3.20. The van der Waals surface area contributed by atoms with Gasteiger partial charge in [-0.1, -0.05) is 0 Å². The van der Waals surface area contributed by atoms with Gasteiger partial charge in [0.1, 0.15) is 19.0 Å². The van der Waals surface area contributed by atoms with Crippen molar-refractivity contribution in [3.63, 3.8) is 0 Å². The first kappa shape index (κ1) is 8.28. The molecule has 0 aliphatic carbocycles. The van der Waals surface area contributed by atoms with Crippen LogP contribution in [-0.4, -0.2) is 35.3 Å². The van der Waals surface area contributed by atoms with Gasteiger partial charge in [0, 0.05) is 0 Å². The summed E-state index contributed by atoms with van der Waals surface area (Å²) in [4.78, 5) is 16.4. The molecular formula is C8H9NO4. The standard InChI is InChI=1S/C8H9NO4/c10-7-3-9(13-5-7)8(11)6-1-2-12-4-6/h1-2,4,7,10H,3,5H2/t7-/m1/s1. The van der Waals surface area contributed by atoms with Crippen LogP contribution < -0.4 is 0 Å². The summed E-state index contributed by atoms with van der Waals surface area (Å²) in [6.45, 7) is 0.383. The van der Waals surface area contributed by atoms with Gasteiger partial charge in [0.15, 0.2) is 0 Å². The first-order valence-corrected chi connectivity index (χ1v) is 3.92. The maximum atomic E-state index is 11.5. The van der Waals surface area contributed by atoms with Crippen molar-refractivity contribution in [2.45, 2.75) is 6.10 Å². The fourth-order valence-corrected chi connectivity index (χ4v) is 1.14. The third kappa shape index (κ3) is 1.56. The van der Waals surface area contributed by atoms with Crippen molar-refractivity contribution in [3.8, 4) is 0 Å². The molecule has 2 heterocycles. The number of rotatable bonds is 1. The van der Waals surface area contributed by atoms with E-state index < -0.39 is 6.10 Å². The van der Waals surface area contributed by atoms with Gasteiger partial charge in [-0.3, -0.25) is 9.63 Å². The average molecular weight is 183 g/mol. The Kier molecular flexibility index (Phi) is 2.03. The monoisotopic (exact) mass is 183 g/mol. The molecule has 1 saturated heterocycles. The lowest BCUT2D eigenvalue weighted by atomic mass is 10.3. The SMILES string of the molecule is O=C(c1ccoc1)N1C[C@@H](O)CO1. The number of hydrogen-bond donors (Lipinski definition) is 1. The quantitative estimate of drug-likeness (QED) is 0.667. The summed E-state index contributed by atoms with van der Waals surface area (Å²) in [6, 6.07) is 1.55. The summed E-state index contributed by atoms with van der Waals surface area (Å²) in [6.07, 6.45) is 2.17. The van der Waals surface area contributed by atoms with E-state index in [4.69, 9.17) is 14.4 Å². The van der Waals surface area contributed by atoms with Gasteiger partial charge in [0.05, 0.1) is 18.4 Å². The van der Waals surface area contributed by atoms with Gasteiger partial charge in [-0.2, -0.15) is 0 Å².